The van der Waals surface area contributed by atoms with Crippen LogP contribution in [0.25, 0.3) is 0 Å². The largest absolute Gasteiger partial charge is 0.409 e. The minimum atomic E-state index is 0.276. The van der Waals surface area contributed by atoms with Crippen LogP contribution in [-0.4, -0.2) is 23.1 Å². The molecule has 1 fully saturated rings. The van der Waals surface area contributed by atoms with Gasteiger partial charge in [0, 0.05) is 18.5 Å². The number of nitrogens with one attached hydrogen (secondary N) is 1. The lowest BCUT2D eigenvalue weighted by Gasteiger charge is -2.33. The summed E-state index contributed by atoms with van der Waals surface area (Å²) >= 11 is 0. The highest BCUT2D eigenvalue weighted by atomic mass is 16.4. The fraction of sp³-hybridized carbons (Fsp3) is 0.917. The van der Waals surface area contributed by atoms with Crippen molar-refractivity contribution in [1.82, 2.24) is 5.32 Å². The molecule has 0 spiro atoms. The molecular weight excluding hydrogens is 202 g/mol. The molecule has 1 aliphatic rings. The van der Waals surface area contributed by atoms with Gasteiger partial charge in [0.1, 0.15) is 5.84 Å². The minimum Gasteiger partial charge on any atom is -0.409 e. The average Bonchev–Trinajstić information content (AvgIpc) is 2.15. The van der Waals surface area contributed by atoms with Gasteiger partial charge in [0.15, 0.2) is 0 Å². The van der Waals surface area contributed by atoms with Crippen molar-refractivity contribution in [3.63, 3.8) is 0 Å². The molecule has 4 nitrogen and oxygen atoms in total. The summed E-state index contributed by atoms with van der Waals surface area (Å²) in [5, 5.41) is 15.1. The van der Waals surface area contributed by atoms with E-state index in [1.807, 2.05) is 0 Å². The molecule has 1 aliphatic carbocycles. The second-order valence-corrected chi connectivity index (χ2v) is 5.48. The molecule has 16 heavy (non-hydrogen) atoms. The topological polar surface area (TPSA) is 70.6 Å². The van der Waals surface area contributed by atoms with Gasteiger partial charge in [0.25, 0.3) is 0 Å². The molecule has 0 aliphatic heterocycles. The van der Waals surface area contributed by atoms with Gasteiger partial charge in [-0.1, -0.05) is 19.0 Å². The van der Waals surface area contributed by atoms with E-state index in [-0.39, 0.29) is 6.04 Å². The van der Waals surface area contributed by atoms with Gasteiger partial charge in [-0.25, -0.2) is 0 Å². The van der Waals surface area contributed by atoms with Gasteiger partial charge in [-0.05, 0) is 38.0 Å². The van der Waals surface area contributed by atoms with Gasteiger partial charge >= 0.3 is 0 Å². The van der Waals surface area contributed by atoms with Gasteiger partial charge in [0.2, 0.25) is 0 Å². The van der Waals surface area contributed by atoms with Gasteiger partial charge in [0.05, 0.1) is 0 Å². The number of nitrogens with zero attached hydrogens (tertiary/aromatic N) is 1. The van der Waals surface area contributed by atoms with Crippen molar-refractivity contribution >= 4 is 5.84 Å². The second kappa shape index (κ2) is 6.09. The Morgan fingerprint density at radius 3 is 2.44 bits per heavy atom. The van der Waals surface area contributed by atoms with Crippen molar-refractivity contribution in [2.75, 3.05) is 0 Å². The van der Waals surface area contributed by atoms with Crippen molar-refractivity contribution in [2.45, 2.75) is 58.5 Å². The molecule has 1 saturated carbocycles. The molecule has 0 aromatic carbocycles. The number of oxime groups is 1. The van der Waals surface area contributed by atoms with Crippen LogP contribution in [0.4, 0.5) is 0 Å². The molecule has 0 saturated heterocycles. The van der Waals surface area contributed by atoms with E-state index < -0.39 is 0 Å². The van der Waals surface area contributed by atoms with E-state index in [1.54, 1.807) is 0 Å². The normalized spacial score (nSPS) is 33.7. The third kappa shape index (κ3) is 4.39. The van der Waals surface area contributed by atoms with Gasteiger partial charge in [-0.15, -0.1) is 0 Å². The second-order valence-electron chi connectivity index (χ2n) is 5.48. The van der Waals surface area contributed by atoms with Crippen LogP contribution in [0.1, 0.15) is 46.5 Å². The van der Waals surface area contributed by atoms with Crippen molar-refractivity contribution in [1.29, 1.82) is 0 Å². The molecule has 0 radical (unpaired) electrons. The Labute approximate surface area is 98.3 Å². The van der Waals surface area contributed by atoms with Crippen molar-refractivity contribution < 1.29 is 5.21 Å². The highest BCUT2D eigenvalue weighted by Gasteiger charge is 2.24. The average molecular weight is 227 g/mol. The maximum atomic E-state index is 8.51. The van der Waals surface area contributed by atoms with E-state index in [9.17, 15) is 0 Å². The summed E-state index contributed by atoms with van der Waals surface area (Å²) in [7, 11) is 0. The van der Waals surface area contributed by atoms with Crippen LogP contribution in [0.2, 0.25) is 0 Å². The Morgan fingerprint density at radius 1 is 1.38 bits per heavy atom. The molecule has 4 N–H and O–H groups in total. The number of nitrogens with two attached hydrogens (primary N) is 1. The highest BCUT2D eigenvalue weighted by molar-refractivity contribution is 5.80. The monoisotopic (exact) mass is 227 g/mol. The van der Waals surface area contributed by atoms with Crippen LogP contribution >= 0.6 is 0 Å². The smallest absolute Gasteiger partial charge is 0.140 e. The summed E-state index contributed by atoms with van der Waals surface area (Å²) < 4.78 is 0. The van der Waals surface area contributed by atoms with E-state index in [0.717, 1.165) is 11.8 Å². The summed E-state index contributed by atoms with van der Waals surface area (Å²) in [6.45, 7) is 6.72. The quantitative estimate of drug-likeness (QED) is 0.297. The molecule has 0 amide bonds. The van der Waals surface area contributed by atoms with E-state index in [4.69, 9.17) is 10.9 Å². The molecule has 4 heteroatoms. The first-order chi connectivity index (χ1) is 7.51. The molecule has 0 bridgehead atoms. The summed E-state index contributed by atoms with van der Waals surface area (Å²) in [4.78, 5) is 0. The summed E-state index contributed by atoms with van der Waals surface area (Å²) in [5.41, 5.74) is 5.49. The third-order valence-corrected chi connectivity index (χ3v) is 3.34. The lowest BCUT2D eigenvalue weighted by Crippen LogP contribution is -2.42. The summed E-state index contributed by atoms with van der Waals surface area (Å²) in [5.74, 6) is 1.91. The molecule has 0 aromatic heterocycles. The van der Waals surface area contributed by atoms with Crippen LogP contribution < -0.4 is 11.1 Å². The Hall–Kier alpha value is -0.770. The van der Waals surface area contributed by atoms with Gasteiger partial charge in [-0.3, -0.25) is 0 Å². The lowest BCUT2D eigenvalue weighted by molar-refractivity contribution is 0.228. The van der Waals surface area contributed by atoms with Crippen molar-refractivity contribution in [2.24, 2.45) is 22.7 Å². The lowest BCUT2D eigenvalue weighted by atomic mass is 9.80. The Kier molecular flexibility index (Phi) is 5.06. The van der Waals surface area contributed by atoms with Crippen molar-refractivity contribution in [3.05, 3.63) is 0 Å². The molecule has 1 rings (SSSR count). The fourth-order valence-electron chi connectivity index (χ4n) is 2.90. The van der Waals surface area contributed by atoms with E-state index in [2.05, 4.69) is 31.2 Å². The van der Waals surface area contributed by atoms with Gasteiger partial charge < -0.3 is 16.3 Å². The van der Waals surface area contributed by atoms with Crippen LogP contribution in [0.3, 0.4) is 0 Å². The number of hydrogen-bond donors (Lipinski definition) is 3. The Morgan fingerprint density at radius 2 is 1.94 bits per heavy atom. The van der Waals surface area contributed by atoms with Crippen LogP contribution in [0.15, 0.2) is 5.16 Å². The molecule has 3 atom stereocenters. The fourth-order valence-corrected chi connectivity index (χ4v) is 2.90. The Bertz CT molecular complexity index is 232. The minimum absolute atomic E-state index is 0.276. The van der Waals surface area contributed by atoms with E-state index in [1.165, 1.54) is 19.3 Å². The van der Waals surface area contributed by atoms with Crippen LogP contribution in [0, 0.1) is 11.8 Å². The van der Waals surface area contributed by atoms with Gasteiger partial charge in [-0.2, -0.15) is 0 Å². The zero-order valence-electron chi connectivity index (χ0n) is 10.6. The van der Waals surface area contributed by atoms with Crippen LogP contribution in [0.5, 0.6) is 0 Å². The molecule has 3 unspecified atom stereocenters. The summed E-state index contributed by atoms with van der Waals surface area (Å²) in [6.07, 6.45) is 4.43. The first-order valence-electron chi connectivity index (χ1n) is 6.23. The number of amidine groups is 1. The number of hydrogen-bond acceptors (Lipinski definition) is 3. The summed E-state index contributed by atoms with van der Waals surface area (Å²) in [6, 6.07) is 0.860. The van der Waals surface area contributed by atoms with Crippen LogP contribution in [-0.2, 0) is 0 Å². The zero-order valence-corrected chi connectivity index (χ0v) is 10.6. The number of rotatable bonds is 4. The molecule has 0 aromatic rings. The first-order valence-corrected chi connectivity index (χ1v) is 6.23. The predicted molar refractivity (Wildman–Crippen MR) is 66.6 cm³/mol. The maximum Gasteiger partial charge on any atom is 0.140 e. The predicted octanol–water partition coefficient (Wildman–Crippen LogP) is 1.93. The van der Waals surface area contributed by atoms with E-state index >= 15 is 0 Å². The highest BCUT2D eigenvalue weighted by Crippen LogP contribution is 2.28. The molecule has 94 valence electrons. The molecular formula is C12H25N3O. The molecule has 0 heterocycles. The van der Waals surface area contributed by atoms with E-state index in [0.29, 0.717) is 18.3 Å². The first kappa shape index (κ1) is 13.3. The standard InChI is InChI=1S/C12H25N3O/c1-8-4-9(2)6-11(5-8)14-10(3)7-12(13)15-16/h8-11,14,16H,4-7H2,1-3H3,(H2,13,15). The zero-order chi connectivity index (χ0) is 12.1. The van der Waals surface area contributed by atoms with Crippen molar-refractivity contribution in [3.8, 4) is 0 Å². The Balaban J connectivity index is 2.35. The third-order valence-electron chi connectivity index (χ3n) is 3.34. The SMILES string of the molecule is CC1CC(C)CC(NC(C)CC(N)=NO)C1. The maximum absolute atomic E-state index is 8.51.